The Morgan fingerprint density at radius 3 is 1.65 bits per heavy atom. The van der Waals surface area contributed by atoms with E-state index in [9.17, 15) is 5.26 Å². The van der Waals surface area contributed by atoms with Crippen molar-refractivity contribution >= 4 is 69.6 Å². The standard InChI is InChI=1S/C49H28N2S/c50-29-30-23-35(26-37(24-30)38-14-8-15-42-41-13-3-6-18-47(41)52-49(38)42)32-21-19-31(20-22-32)33-9-7-10-34(25-33)36-27-43-39-11-1-4-16-45(39)51-46-17-5-2-12-40(46)44(28-36)48(43)51/h1-28H. The van der Waals surface area contributed by atoms with Crippen molar-refractivity contribution in [2.24, 2.45) is 0 Å². The largest absolute Gasteiger partial charge is 0.308 e. The summed E-state index contributed by atoms with van der Waals surface area (Å²) in [6.45, 7) is 0. The third-order valence-electron chi connectivity index (χ3n) is 10.7. The van der Waals surface area contributed by atoms with Gasteiger partial charge in [0.15, 0.2) is 0 Å². The number of nitriles is 1. The number of para-hydroxylation sites is 2. The van der Waals surface area contributed by atoms with Crippen LogP contribution >= 0.6 is 11.3 Å². The van der Waals surface area contributed by atoms with Crippen LogP contribution in [0.5, 0.6) is 0 Å². The van der Waals surface area contributed by atoms with Gasteiger partial charge in [0.1, 0.15) is 0 Å². The van der Waals surface area contributed by atoms with Crippen LogP contribution in [-0.4, -0.2) is 4.40 Å². The van der Waals surface area contributed by atoms with E-state index in [-0.39, 0.29) is 0 Å². The Labute approximate surface area is 304 Å². The molecule has 3 heteroatoms. The van der Waals surface area contributed by atoms with Crippen LogP contribution in [0.3, 0.4) is 0 Å². The molecule has 3 heterocycles. The first-order chi connectivity index (χ1) is 25.7. The highest BCUT2D eigenvalue weighted by Crippen LogP contribution is 2.43. The predicted octanol–water partition coefficient (Wildman–Crippen LogP) is 13.7. The molecule has 0 aliphatic heterocycles. The zero-order valence-electron chi connectivity index (χ0n) is 28.0. The Bertz CT molecular complexity index is 3160. The number of rotatable bonds is 4. The summed E-state index contributed by atoms with van der Waals surface area (Å²) in [7, 11) is 0. The molecular formula is C49H28N2S. The number of aromatic nitrogens is 1. The first kappa shape index (κ1) is 29.0. The fourth-order valence-corrected chi connectivity index (χ4v) is 9.58. The minimum absolute atomic E-state index is 0.661. The van der Waals surface area contributed by atoms with E-state index in [1.54, 1.807) is 0 Å². The Morgan fingerprint density at radius 1 is 0.404 bits per heavy atom. The highest BCUT2D eigenvalue weighted by atomic mass is 32.1. The monoisotopic (exact) mass is 676 g/mol. The van der Waals surface area contributed by atoms with Gasteiger partial charge in [-0.15, -0.1) is 11.3 Å². The molecule has 0 N–H and O–H groups in total. The molecule has 240 valence electrons. The zero-order chi connectivity index (χ0) is 34.3. The molecular weight excluding hydrogens is 649 g/mol. The van der Waals surface area contributed by atoms with Crippen molar-refractivity contribution in [3.05, 3.63) is 175 Å². The number of thiophene rings is 1. The van der Waals surface area contributed by atoms with Gasteiger partial charge in [0, 0.05) is 41.7 Å². The summed E-state index contributed by atoms with van der Waals surface area (Å²) in [4.78, 5) is 0. The highest BCUT2D eigenvalue weighted by molar-refractivity contribution is 7.26. The molecule has 52 heavy (non-hydrogen) atoms. The number of fused-ring (bicyclic) bond motifs is 9. The van der Waals surface area contributed by atoms with Gasteiger partial charge in [-0.05, 0) is 99.1 Å². The molecule has 0 bridgehead atoms. The molecule has 2 nitrogen and oxygen atoms in total. The van der Waals surface area contributed by atoms with Gasteiger partial charge in [-0.3, -0.25) is 0 Å². The van der Waals surface area contributed by atoms with Gasteiger partial charge in [-0.2, -0.15) is 5.26 Å². The Hall–Kier alpha value is -6.73. The smallest absolute Gasteiger partial charge is 0.0992 e. The lowest BCUT2D eigenvalue weighted by molar-refractivity contribution is 1.37. The molecule has 0 fully saturated rings. The van der Waals surface area contributed by atoms with Gasteiger partial charge in [0.2, 0.25) is 0 Å². The molecule has 8 aromatic carbocycles. The van der Waals surface area contributed by atoms with E-state index in [0.717, 1.165) is 27.8 Å². The van der Waals surface area contributed by atoms with Gasteiger partial charge in [-0.1, -0.05) is 115 Å². The normalized spacial score (nSPS) is 11.8. The van der Waals surface area contributed by atoms with Crippen LogP contribution in [0, 0.1) is 11.3 Å². The van der Waals surface area contributed by atoms with Crippen molar-refractivity contribution in [3.8, 4) is 50.6 Å². The van der Waals surface area contributed by atoms with Crippen molar-refractivity contribution in [3.63, 3.8) is 0 Å². The number of hydrogen-bond acceptors (Lipinski definition) is 2. The maximum atomic E-state index is 10.1. The maximum Gasteiger partial charge on any atom is 0.0992 e. The third-order valence-corrected chi connectivity index (χ3v) is 11.9. The predicted molar refractivity (Wildman–Crippen MR) is 220 cm³/mol. The summed E-state index contributed by atoms with van der Waals surface area (Å²) in [6.07, 6.45) is 0. The van der Waals surface area contributed by atoms with Crippen LogP contribution in [0.2, 0.25) is 0 Å². The van der Waals surface area contributed by atoms with Gasteiger partial charge in [-0.25, -0.2) is 0 Å². The SMILES string of the molecule is N#Cc1cc(-c2ccc(-c3cccc(-c4cc5c6ccccc6n6c7ccccc7c(c4)c56)c3)cc2)cc(-c2cccc3c2sc2ccccc23)c1. The van der Waals surface area contributed by atoms with Crippen molar-refractivity contribution in [1.82, 2.24) is 4.40 Å². The summed E-state index contributed by atoms with van der Waals surface area (Å²) in [6, 6.07) is 63.6. The molecule has 0 spiro atoms. The molecule has 0 atom stereocenters. The van der Waals surface area contributed by atoms with Crippen LogP contribution in [0.4, 0.5) is 0 Å². The summed E-state index contributed by atoms with van der Waals surface area (Å²) in [5, 5.41) is 17.7. The zero-order valence-corrected chi connectivity index (χ0v) is 28.8. The van der Waals surface area contributed by atoms with Gasteiger partial charge in [0.25, 0.3) is 0 Å². The van der Waals surface area contributed by atoms with Gasteiger partial charge >= 0.3 is 0 Å². The quantitative estimate of drug-likeness (QED) is 0.182. The number of nitrogens with zero attached hydrogens (tertiary/aromatic N) is 2. The van der Waals surface area contributed by atoms with E-state index in [0.29, 0.717) is 5.56 Å². The Balaban J connectivity index is 0.986. The molecule has 0 unspecified atom stereocenters. The van der Waals surface area contributed by atoms with Crippen LogP contribution in [0.15, 0.2) is 170 Å². The van der Waals surface area contributed by atoms with E-state index in [1.807, 2.05) is 23.5 Å². The lowest BCUT2D eigenvalue weighted by Gasteiger charge is -2.11. The molecule has 11 rings (SSSR count). The first-order valence-corrected chi connectivity index (χ1v) is 18.4. The van der Waals surface area contributed by atoms with Crippen LogP contribution in [0.1, 0.15) is 5.56 Å². The minimum atomic E-state index is 0.661. The van der Waals surface area contributed by atoms with E-state index in [1.165, 1.54) is 75.0 Å². The van der Waals surface area contributed by atoms with Crippen LogP contribution in [-0.2, 0) is 0 Å². The lowest BCUT2D eigenvalue weighted by Crippen LogP contribution is -1.87. The third kappa shape index (κ3) is 4.29. The molecule has 0 aliphatic carbocycles. The van der Waals surface area contributed by atoms with E-state index in [2.05, 4.69) is 168 Å². The fraction of sp³-hybridized carbons (Fsp3) is 0. The molecule has 3 aromatic heterocycles. The fourth-order valence-electron chi connectivity index (χ4n) is 8.34. The topological polar surface area (TPSA) is 28.2 Å². The highest BCUT2D eigenvalue weighted by Gasteiger charge is 2.19. The maximum absolute atomic E-state index is 10.1. The van der Waals surface area contributed by atoms with Crippen molar-refractivity contribution in [1.29, 1.82) is 5.26 Å². The number of hydrogen-bond donors (Lipinski definition) is 0. The molecule has 11 aromatic rings. The van der Waals surface area contributed by atoms with Crippen molar-refractivity contribution in [2.75, 3.05) is 0 Å². The Kier molecular flexibility index (Phi) is 6.22. The lowest BCUT2D eigenvalue weighted by atomic mass is 9.93. The molecule has 0 aliphatic rings. The average molecular weight is 677 g/mol. The number of benzene rings is 8. The van der Waals surface area contributed by atoms with E-state index in [4.69, 9.17) is 0 Å². The van der Waals surface area contributed by atoms with Crippen molar-refractivity contribution < 1.29 is 0 Å². The first-order valence-electron chi connectivity index (χ1n) is 17.6. The van der Waals surface area contributed by atoms with Crippen molar-refractivity contribution in [2.45, 2.75) is 0 Å². The Morgan fingerprint density at radius 2 is 0.942 bits per heavy atom. The molecule has 0 saturated carbocycles. The summed E-state index contributed by atoms with van der Waals surface area (Å²) < 4.78 is 4.96. The average Bonchev–Trinajstić information content (AvgIpc) is 3.88. The van der Waals surface area contributed by atoms with E-state index < -0.39 is 0 Å². The van der Waals surface area contributed by atoms with Gasteiger partial charge in [0.05, 0.1) is 28.2 Å². The molecule has 0 radical (unpaired) electrons. The summed E-state index contributed by atoms with van der Waals surface area (Å²) >= 11 is 1.82. The molecule has 0 amide bonds. The second kappa shape index (κ2) is 11.1. The van der Waals surface area contributed by atoms with E-state index >= 15 is 0 Å². The second-order valence-corrected chi connectivity index (χ2v) is 14.7. The summed E-state index contributed by atoms with van der Waals surface area (Å²) in [5.41, 5.74) is 13.6. The summed E-state index contributed by atoms with van der Waals surface area (Å²) in [5.74, 6) is 0. The minimum Gasteiger partial charge on any atom is -0.308 e. The molecule has 0 saturated heterocycles. The van der Waals surface area contributed by atoms with Gasteiger partial charge < -0.3 is 4.40 Å². The van der Waals surface area contributed by atoms with Crippen LogP contribution < -0.4 is 0 Å². The second-order valence-electron chi connectivity index (χ2n) is 13.6. The van der Waals surface area contributed by atoms with Crippen LogP contribution in [0.25, 0.3) is 103 Å².